The van der Waals surface area contributed by atoms with Crippen molar-refractivity contribution >= 4 is 35.3 Å². The van der Waals surface area contributed by atoms with Crippen molar-refractivity contribution in [3.05, 3.63) is 40.7 Å². The summed E-state index contributed by atoms with van der Waals surface area (Å²) < 4.78 is 0. The van der Waals surface area contributed by atoms with Crippen LogP contribution in [0, 0.1) is 5.92 Å². The number of nitrogens with one attached hydrogen (secondary N) is 1. The minimum absolute atomic E-state index is 0.390. The van der Waals surface area contributed by atoms with Crippen LogP contribution in [0.25, 0.3) is 6.08 Å². The van der Waals surface area contributed by atoms with Crippen molar-refractivity contribution in [3.63, 3.8) is 0 Å². The van der Waals surface area contributed by atoms with Gasteiger partial charge in [-0.2, -0.15) is 11.8 Å². The van der Waals surface area contributed by atoms with Gasteiger partial charge in [0.2, 0.25) is 0 Å². The zero-order valence-electron chi connectivity index (χ0n) is 14.0. The Morgan fingerprint density at radius 3 is 2.61 bits per heavy atom. The monoisotopic (exact) mass is 354 g/mol. The Hall–Kier alpha value is -1.13. The summed E-state index contributed by atoms with van der Waals surface area (Å²) in [6.45, 7) is 1.84. The summed E-state index contributed by atoms with van der Waals surface area (Å²) in [6, 6.07) is 3.39. The highest BCUT2D eigenvalue weighted by Crippen LogP contribution is 2.25. The van der Waals surface area contributed by atoms with E-state index in [0.717, 1.165) is 11.6 Å². The van der Waals surface area contributed by atoms with Gasteiger partial charge in [-0.25, -0.2) is 0 Å². The van der Waals surface area contributed by atoms with Crippen LogP contribution in [0.3, 0.4) is 0 Å². The molecule has 0 unspecified atom stereocenters. The molecular weight excluding hydrogens is 328 g/mol. The van der Waals surface area contributed by atoms with E-state index in [4.69, 9.17) is 17.3 Å². The standard InChI is InChI=1S/C10H11ClN2O.C8H16S/c1-2-7(11)3-4-8-5-6-9(13-8)10(12)14;1-9-7-8-5-3-2-4-6-8/h2-6,13H,1H3,(H2,12,14);8H,2-7H2,1H3/b4-3-,7-2+;. The Labute approximate surface area is 148 Å². The van der Waals surface area contributed by atoms with E-state index in [1.54, 1.807) is 30.4 Å². The van der Waals surface area contributed by atoms with Crippen molar-refractivity contribution in [2.75, 3.05) is 12.0 Å². The van der Waals surface area contributed by atoms with Gasteiger partial charge in [0.05, 0.1) is 0 Å². The first-order valence-electron chi connectivity index (χ1n) is 8.04. The van der Waals surface area contributed by atoms with Crippen molar-refractivity contribution in [2.45, 2.75) is 39.0 Å². The Morgan fingerprint density at radius 2 is 2.09 bits per heavy atom. The second-order valence-electron chi connectivity index (χ2n) is 5.66. The summed E-state index contributed by atoms with van der Waals surface area (Å²) in [7, 11) is 0. The van der Waals surface area contributed by atoms with Gasteiger partial charge in [-0.05, 0) is 62.0 Å². The number of hydrogen-bond donors (Lipinski definition) is 2. The molecule has 1 amide bonds. The largest absolute Gasteiger partial charge is 0.364 e. The highest BCUT2D eigenvalue weighted by Gasteiger charge is 2.11. The van der Waals surface area contributed by atoms with Crippen LogP contribution in [0.5, 0.6) is 0 Å². The number of aromatic nitrogens is 1. The van der Waals surface area contributed by atoms with Crippen molar-refractivity contribution in [3.8, 4) is 0 Å². The van der Waals surface area contributed by atoms with Gasteiger partial charge in [0.15, 0.2) is 0 Å². The fourth-order valence-electron chi connectivity index (χ4n) is 2.51. The number of rotatable bonds is 5. The van der Waals surface area contributed by atoms with E-state index in [1.807, 2.05) is 18.7 Å². The summed E-state index contributed by atoms with van der Waals surface area (Å²) in [6.07, 6.45) is 15.0. The molecule has 23 heavy (non-hydrogen) atoms. The van der Waals surface area contributed by atoms with E-state index >= 15 is 0 Å². The molecule has 0 spiro atoms. The topological polar surface area (TPSA) is 58.9 Å². The Kier molecular flexibility index (Phi) is 9.88. The van der Waals surface area contributed by atoms with Gasteiger partial charge in [0, 0.05) is 10.7 Å². The van der Waals surface area contributed by atoms with Crippen molar-refractivity contribution in [1.82, 2.24) is 4.98 Å². The number of hydrogen-bond acceptors (Lipinski definition) is 2. The van der Waals surface area contributed by atoms with E-state index in [1.165, 1.54) is 37.9 Å². The van der Waals surface area contributed by atoms with Crippen molar-refractivity contribution in [2.24, 2.45) is 11.7 Å². The Bertz CT molecular complexity index is 528. The molecule has 0 saturated heterocycles. The third kappa shape index (κ3) is 8.33. The lowest BCUT2D eigenvalue weighted by molar-refractivity contribution is 0.0996. The zero-order chi connectivity index (χ0) is 17.1. The number of allylic oxidation sites excluding steroid dienone is 3. The van der Waals surface area contributed by atoms with E-state index in [2.05, 4.69) is 11.2 Å². The molecule has 5 heteroatoms. The van der Waals surface area contributed by atoms with E-state index in [9.17, 15) is 4.79 Å². The quantitative estimate of drug-likeness (QED) is 0.714. The molecule has 1 aromatic rings. The normalized spacial score (nSPS) is 16.2. The van der Waals surface area contributed by atoms with Crippen LogP contribution in [0.15, 0.2) is 29.3 Å². The lowest BCUT2D eigenvalue weighted by Gasteiger charge is -2.19. The Balaban J connectivity index is 0.000000253. The number of primary amides is 1. The van der Waals surface area contributed by atoms with Crippen LogP contribution in [-0.4, -0.2) is 22.9 Å². The van der Waals surface area contributed by atoms with Crippen LogP contribution < -0.4 is 5.73 Å². The minimum atomic E-state index is -0.471. The number of carbonyl (C=O) groups is 1. The molecule has 0 radical (unpaired) electrons. The van der Waals surface area contributed by atoms with Gasteiger partial charge in [-0.3, -0.25) is 4.79 Å². The molecule has 0 aliphatic heterocycles. The Morgan fingerprint density at radius 1 is 1.39 bits per heavy atom. The molecule has 1 heterocycles. The van der Waals surface area contributed by atoms with Gasteiger partial charge < -0.3 is 10.7 Å². The molecule has 3 nitrogen and oxygen atoms in total. The lowest BCUT2D eigenvalue weighted by Crippen LogP contribution is -2.10. The van der Waals surface area contributed by atoms with Crippen LogP contribution in [0.4, 0.5) is 0 Å². The van der Waals surface area contributed by atoms with Gasteiger partial charge in [0.1, 0.15) is 5.69 Å². The number of halogens is 1. The fourth-order valence-corrected chi connectivity index (χ4v) is 3.38. The fraction of sp³-hybridized carbons (Fsp3) is 0.500. The predicted molar refractivity (Wildman–Crippen MR) is 103 cm³/mol. The summed E-state index contributed by atoms with van der Waals surface area (Å²) in [5.41, 5.74) is 6.26. The molecule has 1 aliphatic carbocycles. The highest BCUT2D eigenvalue weighted by molar-refractivity contribution is 7.98. The molecule has 128 valence electrons. The number of amides is 1. The highest BCUT2D eigenvalue weighted by atomic mass is 35.5. The number of aromatic amines is 1. The summed E-state index contributed by atoms with van der Waals surface area (Å²) >= 11 is 7.76. The summed E-state index contributed by atoms with van der Waals surface area (Å²) in [4.78, 5) is 13.6. The van der Waals surface area contributed by atoms with Crippen LogP contribution >= 0.6 is 23.4 Å². The average Bonchev–Trinajstić information content (AvgIpc) is 3.04. The van der Waals surface area contributed by atoms with Crippen molar-refractivity contribution in [1.29, 1.82) is 0 Å². The molecule has 1 aromatic heterocycles. The molecule has 1 fully saturated rings. The van der Waals surface area contributed by atoms with Crippen LogP contribution in [0.2, 0.25) is 0 Å². The first kappa shape index (κ1) is 19.9. The number of H-pyrrole nitrogens is 1. The third-order valence-electron chi connectivity index (χ3n) is 3.80. The van der Waals surface area contributed by atoms with Gasteiger partial charge in [0.25, 0.3) is 5.91 Å². The van der Waals surface area contributed by atoms with Gasteiger partial charge in [-0.15, -0.1) is 0 Å². The molecule has 0 aromatic carbocycles. The second kappa shape index (κ2) is 11.4. The maximum atomic E-state index is 10.7. The minimum Gasteiger partial charge on any atom is -0.364 e. The smallest absolute Gasteiger partial charge is 0.265 e. The predicted octanol–water partition coefficient (Wildman–Crippen LogP) is 5.20. The van der Waals surface area contributed by atoms with E-state index in [0.29, 0.717) is 10.7 Å². The third-order valence-corrected chi connectivity index (χ3v) is 4.95. The molecule has 1 aliphatic rings. The number of thioether (sulfide) groups is 1. The SMILES string of the molecule is C/C=C(Cl)\C=C/c1ccc(C(N)=O)[nH]1.CSCC1CCCCC1. The second-order valence-corrected chi connectivity index (χ2v) is 7.00. The maximum Gasteiger partial charge on any atom is 0.265 e. The molecule has 2 rings (SSSR count). The summed E-state index contributed by atoms with van der Waals surface area (Å²) in [5.74, 6) is 2.00. The lowest BCUT2D eigenvalue weighted by atomic mass is 9.91. The van der Waals surface area contributed by atoms with Gasteiger partial charge >= 0.3 is 0 Å². The molecule has 1 saturated carbocycles. The van der Waals surface area contributed by atoms with E-state index < -0.39 is 5.91 Å². The van der Waals surface area contributed by atoms with Crippen molar-refractivity contribution < 1.29 is 4.79 Å². The number of nitrogens with two attached hydrogens (primary N) is 1. The summed E-state index contributed by atoms with van der Waals surface area (Å²) in [5, 5.41) is 0.639. The zero-order valence-corrected chi connectivity index (χ0v) is 15.6. The first-order chi connectivity index (χ1) is 11.1. The van der Waals surface area contributed by atoms with E-state index in [-0.39, 0.29) is 0 Å². The van der Waals surface area contributed by atoms with Crippen LogP contribution in [-0.2, 0) is 0 Å². The maximum absolute atomic E-state index is 10.7. The number of carbonyl (C=O) groups excluding carboxylic acids is 1. The van der Waals surface area contributed by atoms with Gasteiger partial charge in [-0.1, -0.05) is 36.9 Å². The molecule has 0 atom stereocenters. The average molecular weight is 355 g/mol. The molecule has 0 bridgehead atoms. The van der Waals surface area contributed by atoms with Crippen LogP contribution in [0.1, 0.15) is 55.2 Å². The first-order valence-corrected chi connectivity index (χ1v) is 9.81. The molecular formula is C18H27ClN2OS. The molecule has 3 N–H and O–H groups in total.